The van der Waals surface area contributed by atoms with E-state index in [-0.39, 0.29) is 34.6 Å². The molecule has 2 N–H and O–H groups in total. The summed E-state index contributed by atoms with van der Waals surface area (Å²) in [7, 11) is -2.26. The second-order valence-electron chi connectivity index (χ2n) is 8.73. The van der Waals surface area contributed by atoms with E-state index in [4.69, 9.17) is 14.6 Å². The lowest BCUT2D eigenvalue weighted by atomic mass is 10.2. The zero-order valence-electron chi connectivity index (χ0n) is 21.2. The maximum Gasteiger partial charge on any atom is 0.407 e. The Morgan fingerprint density at radius 3 is 2.58 bits per heavy atom. The summed E-state index contributed by atoms with van der Waals surface area (Å²) < 4.78 is 83.6. The maximum atomic E-state index is 15.7. The Morgan fingerprint density at radius 2 is 1.95 bits per heavy atom. The van der Waals surface area contributed by atoms with Crippen molar-refractivity contribution in [1.29, 1.82) is 0 Å². The van der Waals surface area contributed by atoms with Gasteiger partial charge < -0.3 is 24.8 Å². The third-order valence-electron chi connectivity index (χ3n) is 6.25. The number of carboxylic acid groups (broad SMARTS) is 1. The molecule has 0 spiro atoms. The van der Waals surface area contributed by atoms with Crippen molar-refractivity contribution in [2.45, 2.75) is 23.9 Å². The van der Waals surface area contributed by atoms with E-state index in [1.807, 2.05) is 0 Å². The fourth-order valence-electron chi connectivity index (χ4n) is 4.26. The molecule has 4 rings (SSSR count). The molecule has 3 aromatic rings. The molecule has 0 radical (unpaired) electrons. The van der Waals surface area contributed by atoms with E-state index in [1.165, 1.54) is 44.6 Å². The summed E-state index contributed by atoms with van der Waals surface area (Å²) in [6.07, 6.45) is -0.744. The first-order valence-electron chi connectivity index (χ1n) is 11.7. The quantitative estimate of drug-likeness (QED) is 0.251. The number of nitrogens with one attached hydrogen (secondary N) is 1. The highest BCUT2D eigenvalue weighted by Crippen LogP contribution is 2.37. The number of nitrogens with zero attached hydrogens (tertiary/aromatic N) is 3. The van der Waals surface area contributed by atoms with E-state index in [2.05, 4.69) is 26.2 Å². The molecule has 1 atom stereocenters. The van der Waals surface area contributed by atoms with Crippen molar-refractivity contribution in [2.24, 2.45) is 0 Å². The van der Waals surface area contributed by atoms with Crippen LogP contribution >= 0.6 is 15.9 Å². The number of amides is 1. The van der Waals surface area contributed by atoms with E-state index in [9.17, 15) is 17.6 Å². The van der Waals surface area contributed by atoms with Crippen LogP contribution in [0.15, 0.2) is 51.8 Å². The van der Waals surface area contributed by atoms with Gasteiger partial charge in [0.2, 0.25) is 5.95 Å². The molecule has 0 saturated carbocycles. The van der Waals surface area contributed by atoms with Gasteiger partial charge in [0.15, 0.2) is 10.7 Å². The molecule has 0 bridgehead atoms. The van der Waals surface area contributed by atoms with Gasteiger partial charge in [-0.25, -0.2) is 31.3 Å². The normalized spacial score (nSPS) is 15.2. The van der Waals surface area contributed by atoms with Crippen LogP contribution in [0, 0.1) is 17.6 Å². The van der Waals surface area contributed by atoms with Gasteiger partial charge in [0.05, 0.1) is 30.9 Å². The molecule has 1 aliphatic rings. The number of sulfonamides is 1. The molecule has 1 amide bonds. The number of likely N-dealkylation sites (tertiary alicyclic amines) is 1. The van der Waals surface area contributed by atoms with Crippen molar-refractivity contribution >= 4 is 43.6 Å². The van der Waals surface area contributed by atoms with Gasteiger partial charge in [0.25, 0.3) is 10.0 Å². The Morgan fingerprint density at radius 1 is 1.20 bits per heavy atom. The smallest absolute Gasteiger partial charge is 0.407 e. The van der Waals surface area contributed by atoms with E-state index in [0.717, 1.165) is 17.0 Å². The number of halogens is 4. The summed E-state index contributed by atoms with van der Waals surface area (Å²) in [4.78, 5) is 14.7. The van der Waals surface area contributed by atoms with Gasteiger partial charge in [-0.2, -0.15) is 4.39 Å². The standard InChI is InChI=1S/C25H24BrF3N4O6S/c1-38-16-7-6-14(19(10-16)39-2)12-33(21-5-3-4-20(28)31-21)40(36,37)24-17(27)11-18(22(26)23(24)29)30-15-8-9-32(13-15)25(34)35/h3-7,10-11,15,30H,8-9,12-13H2,1-2H3,(H,34,35). The number of methoxy groups -OCH3 is 2. The number of benzene rings is 2. The van der Waals surface area contributed by atoms with Gasteiger partial charge in [-0.15, -0.1) is 0 Å². The van der Waals surface area contributed by atoms with Gasteiger partial charge >= 0.3 is 6.09 Å². The predicted octanol–water partition coefficient (Wildman–Crippen LogP) is 4.84. The average Bonchev–Trinajstić information content (AvgIpc) is 3.39. The highest BCUT2D eigenvalue weighted by molar-refractivity contribution is 9.10. The van der Waals surface area contributed by atoms with Crippen LogP contribution in [0.2, 0.25) is 0 Å². The molecule has 2 aromatic carbocycles. The highest BCUT2D eigenvalue weighted by atomic mass is 79.9. The molecule has 15 heteroatoms. The Bertz CT molecular complexity index is 1550. The second-order valence-corrected chi connectivity index (χ2v) is 11.3. The molecular formula is C25H24BrF3N4O6S. The fraction of sp³-hybridized carbons (Fsp3) is 0.280. The van der Waals surface area contributed by atoms with Crippen molar-refractivity contribution in [2.75, 3.05) is 36.9 Å². The van der Waals surface area contributed by atoms with E-state index >= 15 is 8.78 Å². The summed E-state index contributed by atoms with van der Waals surface area (Å²) in [5, 5.41) is 12.0. The number of rotatable bonds is 9. The summed E-state index contributed by atoms with van der Waals surface area (Å²) >= 11 is 3.00. The number of pyridine rings is 1. The summed E-state index contributed by atoms with van der Waals surface area (Å²) in [5.41, 5.74) is 0.179. The number of hydrogen-bond acceptors (Lipinski definition) is 7. The molecule has 1 saturated heterocycles. The molecule has 1 aliphatic heterocycles. The Kier molecular flexibility index (Phi) is 8.63. The lowest BCUT2D eigenvalue weighted by Gasteiger charge is -2.26. The minimum absolute atomic E-state index is 0.0772. The zero-order valence-corrected chi connectivity index (χ0v) is 23.6. The highest BCUT2D eigenvalue weighted by Gasteiger charge is 2.36. The summed E-state index contributed by atoms with van der Waals surface area (Å²) in [6, 6.07) is 8.26. The van der Waals surface area contributed by atoms with Gasteiger partial charge in [-0.3, -0.25) is 0 Å². The number of carbonyl (C=O) groups is 1. The minimum Gasteiger partial charge on any atom is -0.497 e. The molecule has 1 aromatic heterocycles. The van der Waals surface area contributed by atoms with Crippen molar-refractivity contribution in [3.8, 4) is 11.5 Å². The van der Waals surface area contributed by atoms with Crippen LogP contribution < -0.4 is 19.1 Å². The van der Waals surface area contributed by atoms with Crippen molar-refractivity contribution < 1.29 is 41.0 Å². The Balaban J connectivity index is 1.76. The summed E-state index contributed by atoms with van der Waals surface area (Å²) in [6.45, 7) is -0.213. The monoisotopic (exact) mass is 644 g/mol. The van der Waals surface area contributed by atoms with Crippen molar-refractivity contribution in [3.05, 3.63) is 70.1 Å². The maximum absolute atomic E-state index is 15.7. The van der Waals surface area contributed by atoms with Crippen LogP contribution in [0.25, 0.3) is 0 Å². The SMILES string of the molecule is COc1ccc(CN(c2cccc(F)n2)S(=O)(=O)c2c(F)cc(NC3CCN(C(=O)O)C3)c(Br)c2F)c(OC)c1. The Hall–Kier alpha value is -3.72. The molecule has 214 valence electrons. The zero-order chi connectivity index (χ0) is 29.2. The second kappa shape index (κ2) is 11.8. The van der Waals surface area contributed by atoms with Gasteiger partial charge in [-0.05, 0) is 52.7 Å². The van der Waals surface area contributed by atoms with Crippen LogP contribution in [0.4, 0.5) is 29.5 Å². The van der Waals surface area contributed by atoms with Gasteiger partial charge in [0, 0.05) is 30.8 Å². The molecular weight excluding hydrogens is 621 g/mol. The largest absolute Gasteiger partial charge is 0.497 e. The minimum atomic E-state index is -5.03. The molecule has 0 aliphatic carbocycles. The van der Waals surface area contributed by atoms with Crippen molar-refractivity contribution in [1.82, 2.24) is 9.88 Å². The van der Waals surface area contributed by atoms with E-state index < -0.39 is 57.0 Å². The number of hydrogen-bond donors (Lipinski definition) is 2. The third kappa shape index (κ3) is 5.89. The van der Waals surface area contributed by atoms with Gasteiger partial charge in [-0.1, -0.05) is 6.07 Å². The van der Waals surface area contributed by atoms with Crippen LogP contribution in [0.3, 0.4) is 0 Å². The Labute approximate surface area is 236 Å². The van der Waals surface area contributed by atoms with Crippen LogP contribution in [0.1, 0.15) is 12.0 Å². The lowest BCUT2D eigenvalue weighted by molar-refractivity contribution is 0.155. The lowest BCUT2D eigenvalue weighted by Crippen LogP contribution is -2.33. The first-order valence-corrected chi connectivity index (χ1v) is 14.0. The molecule has 10 nitrogen and oxygen atoms in total. The first-order chi connectivity index (χ1) is 19.0. The summed E-state index contributed by atoms with van der Waals surface area (Å²) in [5.74, 6) is -3.65. The fourth-order valence-corrected chi connectivity index (χ4v) is 6.33. The van der Waals surface area contributed by atoms with Crippen molar-refractivity contribution in [3.63, 3.8) is 0 Å². The first kappa shape index (κ1) is 29.3. The molecule has 1 unspecified atom stereocenters. The number of aromatic nitrogens is 1. The third-order valence-corrected chi connectivity index (χ3v) is 8.81. The number of ether oxygens (including phenoxy) is 2. The molecule has 1 fully saturated rings. The van der Waals surface area contributed by atoms with E-state index in [1.54, 1.807) is 0 Å². The average molecular weight is 645 g/mol. The van der Waals surface area contributed by atoms with Crippen LogP contribution in [0.5, 0.6) is 11.5 Å². The van der Waals surface area contributed by atoms with Gasteiger partial charge in [0.1, 0.15) is 23.1 Å². The van der Waals surface area contributed by atoms with Crippen LogP contribution in [-0.4, -0.2) is 62.9 Å². The number of anilines is 2. The molecule has 2 heterocycles. The predicted molar refractivity (Wildman–Crippen MR) is 143 cm³/mol. The topological polar surface area (TPSA) is 121 Å². The van der Waals surface area contributed by atoms with Crippen LogP contribution in [-0.2, 0) is 16.6 Å². The van der Waals surface area contributed by atoms with E-state index in [0.29, 0.717) is 16.5 Å². The molecule has 40 heavy (non-hydrogen) atoms.